The molecule has 0 saturated heterocycles. The average Bonchev–Trinajstić information content (AvgIpc) is 1.62. The molecule has 4 saturated carbocycles. The van der Waals surface area contributed by atoms with Gasteiger partial charge in [-0.15, -0.1) is 0 Å². The topological polar surface area (TPSA) is 254 Å². The first kappa shape index (κ1) is 59.8. The summed E-state index contributed by atoms with van der Waals surface area (Å²) < 4.78 is 11.5. The van der Waals surface area contributed by atoms with Crippen LogP contribution < -0.4 is 5.32 Å². The molecule has 19 rings (SSSR count). The monoisotopic (exact) mass is 1290 g/mol. The van der Waals surface area contributed by atoms with Gasteiger partial charge in [0.15, 0.2) is 0 Å². The summed E-state index contributed by atoms with van der Waals surface area (Å²) in [6, 6.07) is 6.86. The maximum Gasteiger partial charge on any atom is 0.223 e. The maximum absolute atomic E-state index is 13.2. The highest BCUT2D eigenvalue weighted by atomic mass is 16.2. The molecule has 24 nitrogen and oxygen atoms in total. The molecule has 9 aromatic heterocycles. The zero-order valence-electron chi connectivity index (χ0n) is 55.2. The third-order valence-electron chi connectivity index (χ3n) is 20.3. The van der Waals surface area contributed by atoms with Gasteiger partial charge in [-0.1, -0.05) is 18.2 Å². The van der Waals surface area contributed by atoms with E-state index in [0.717, 1.165) is 156 Å². The Balaban J connectivity index is 0.000000109. The molecule has 10 aliphatic rings. The summed E-state index contributed by atoms with van der Waals surface area (Å²) in [6.45, 7) is 7.73. The lowest BCUT2D eigenvalue weighted by Crippen LogP contribution is -2.36. The Labute approximate surface area is 556 Å². The lowest BCUT2D eigenvalue weighted by atomic mass is 9.99. The van der Waals surface area contributed by atoms with Crippen LogP contribution in [0.3, 0.4) is 0 Å². The molecule has 0 atom stereocenters. The molecule has 96 heavy (non-hydrogen) atoms. The van der Waals surface area contributed by atoms with E-state index in [4.69, 9.17) is 25.5 Å². The van der Waals surface area contributed by atoms with Gasteiger partial charge in [0.2, 0.25) is 17.7 Å². The summed E-state index contributed by atoms with van der Waals surface area (Å²) in [5.41, 5.74) is 25.1. The molecule has 0 spiro atoms. The van der Waals surface area contributed by atoms with E-state index < -0.39 is 0 Å². The molecule has 490 valence electrons. The predicted octanol–water partition coefficient (Wildman–Crippen LogP) is 9.04. The minimum absolute atomic E-state index is 0.0279. The third-order valence-corrected chi connectivity index (χ3v) is 20.3. The van der Waals surface area contributed by atoms with Crippen LogP contribution in [0.1, 0.15) is 206 Å². The SMILES string of the molecule is CC(C)N1Cc2nn(C)cc2-c2cc3c(nn2)CC=C3c2cn(nc2C2CC2)CCCC1=O.Cn1cc2c(n1)CN(C1CC1)C(=O)CCCn1cc(c(C3CC3)n1)C1=CCc3nnc-2cc31.Cn1cc2c(n1)CNC(=O)CCCn1cc(c(C3CC3)n1)C1=CCc3nnc-2cc31. The number of aryl methyl sites for hydroxylation is 6. The van der Waals surface area contributed by atoms with Crippen molar-refractivity contribution >= 4 is 34.4 Å². The van der Waals surface area contributed by atoms with Crippen LogP contribution in [0, 0.1) is 0 Å². The van der Waals surface area contributed by atoms with Crippen LogP contribution in [0.2, 0.25) is 0 Å². The average molecular weight is 1290 g/mol. The molecule has 0 radical (unpaired) electrons. The molecule has 24 heteroatoms. The van der Waals surface area contributed by atoms with Crippen molar-refractivity contribution in [1.29, 1.82) is 0 Å². The van der Waals surface area contributed by atoms with Gasteiger partial charge in [-0.05, 0) is 119 Å². The molecule has 4 fully saturated rings. The summed E-state index contributed by atoms with van der Waals surface area (Å²) >= 11 is 0. The van der Waals surface area contributed by atoms with E-state index in [1.165, 1.54) is 89.0 Å². The fourth-order valence-corrected chi connectivity index (χ4v) is 14.8. The van der Waals surface area contributed by atoms with Crippen LogP contribution in [0.4, 0.5) is 0 Å². The van der Waals surface area contributed by atoms with Gasteiger partial charge in [-0.3, -0.25) is 42.5 Å². The van der Waals surface area contributed by atoms with Crippen molar-refractivity contribution in [3.8, 4) is 33.8 Å². The molecule has 3 aliphatic heterocycles. The van der Waals surface area contributed by atoms with Gasteiger partial charge in [0.25, 0.3) is 0 Å². The summed E-state index contributed by atoms with van der Waals surface area (Å²) in [4.78, 5) is 42.7. The third kappa shape index (κ3) is 11.7. The highest BCUT2D eigenvalue weighted by Crippen LogP contribution is 2.48. The number of nitrogens with one attached hydrogen (secondary N) is 1. The Morgan fingerprint density at radius 2 is 0.812 bits per heavy atom. The fraction of sp³-hybridized carbons (Fsp3) is 0.458. The van der Waals surface area contributed by atoms with Crippen molar-refractivity contribution in [2.45, 2.75) is 192 Å². The number of allylic oxidation sites excluding steroid dienone is 3. The van der Waals surface area contributed by atoms with Crippen molar-refractivity contribution in [2.75, 3.05) is 0 Å². The van der Waals surface area contributed by atoms with E-state index >= 15 is 0 Å². The van der Waals surface area contributed by atoms with Crippen molar-refractivity contribution in [3.63, 3.8) is 0 Å². The van der Waals surface area contributed by atoms with Gasteiger partial charge in [0.1, 0.15) is 0 Å². The second kappa shape index (κ2) is 24.1. The highest BCUT2D eigenvalue weighted by Gasteiger charge is 2.38. The van der Waals surface area contributed by atoms with Gasteiger partial charge >= 0.3 is 0 Å². The molecule has 12 heterocycles. The molecular formula is C72H79N21O3. The minimum atomic E-state index is 0.0279. The van der Waals surface area contributed by atoms with Crippen LogP contribution in [0.5, 0.6) is 0 Å². The van der Waals surface area contributed by atoms with E-state index in [1.807, 2.05) is 63.6 Å². The molecular weight excluding hydrogens is 1210 g/mol. The first-order valence-electron chi connectivity index (χ1n) is 34.7. The molecule has 0 aromatic carbocycles. The maximum atomic E-state index is 13.2. The van der Waals surface area contributed by atoms with E-state index in [0.29, 0.717) is 62.7 Å². The summed E-state index contributed by atoms with van der Waals surface area (Å²) in [7, 11) is 5.72. The first-order valence-corrected chi connectivity index (χ1v) is 34.7. The molecule has 12 bridgehead atoms. The van der Waals surface area contributed by atoms with Crippen LogP contribution in [0.25, 0.3) is 50.5 Å². The number of nitrogens with zero attached hydrogens (tertiary/aromatic N) is 20. The second-order valence-corrected chi connectivity index (χ2v) is 28.1. The van der Waals surface area contributed by atoms with Crippen LogP contribution in [-0.4, -0.2) is 129 Å². The van der Waals surface area contributed by atoms with Gasteiger partial charge in [0.05, 0.1) is 88.0 Å². The minimum Gasteiger partial charge on any atom is -0.350 e. The van der Waals surface area contributed by atoms with Crippen LogP contribution in [0.15, 0.2) is 73.6 Å². The number of hydrogen-bond donors (Lipinski definition) is 1. The highest BCUT2D eigenvalue weighted by molar-refractivity contribution is 5.89. The number of rotatable bonds is 5. The number of carbonyl (C=O) groups excluding carboxylic acids is 3. The summed E-state index contributed by atoms with van der Waals surface area (Å²) in [6.07, 6.45) is 34.8. The van der Waals surface area contributed by atoms with Crippen molar-refractivity contribution in [1.82, 2.24) is 104 Å². The zero-order valence-corrected chi connectivity index (χ0v) is 55.2. The predicted molar refractivity (Wildman–Crippen MR) is 356 cm³/mol. The van der Waals surface area contributed by atoms with Crippen molar-refractivity contribution < 1.29 is 14.4 Å². The van der Waals surface area contributed by atoms with Crippen LogP contribution in [-0.2, 0) is 94.1 Å². The fourth-order valence-electron chi connectivity index (χ4n) is 14.8. The Bertz CT molecular complexity index is 4520. The number of hydrogen-bond acceptors (Lipinski definition) is 15. The summed E-state index contributed by atoms with van der Waals surface area (Å²) in [5.74, 6) is 2.03. The molecule has 9 aromatic rings. The van der Waals surface area contributed by atoms with Gasteiger partial charge in [-0.2, -0.15) is 61.2 Å². The van der Waals surface area contributed by atoms with E-state index in [-0.39, 0.29) is 23.8 Å². The number of aromatic nitrogens is 18. The second-order valence-electron chi connectivity index (χ2n) is 28.1. The Morgan fingerprint density at radius 3 is 1.23 bits per heavy atom. The zero-order chi connectivity index (χ0) is 65.0. The van der Waals surface area contributed by atoms with E-state index in [1.54, 1.807) is 9.36 Å². The number of amides is 3. The van der Waals surface area contributed by atoms with Crippen molar-refractivity contribution in [2.24, 2.45) is 21.1 Å². The lowest BCUT2D eigenvalue weighted by molar-refractivity contribution is -0.134. The Kier molecular flexibility index (Phi) is 15.0. The van der Waals surface area contributed by atoms with Crippen LogP contribution >= 0.6 is 0 Å². The Hall–Kier alpha value is -9.87. The van der Waals surface area contributed by atoms with Crippen molar-refractivity contribution in [3.05, 3.63) is 158 Å². The lowest BCUT2D eigenvalue weighted by Gasteiger charge is -2.26. The Morgan fingerprint density at radius 1 is 0.417 bits per heavy atom. The first-order chi connectivity index (χ1) is 46.8. The molecule has 7 aliphatic carbocycles. The molecule has 3 amide bonds. The van der Waals surface area contributed by atoms with Gasteiger partial charge < -0.3 is 15.1 Å². The van der Waals surface area contributed by atoms with E-state index in [9.17, 15) is 14.4 Å². The quantitative estimate of drug-likeness (QED) is 0.169. The van der Waals surface area contributed by atoms with E-state index in [2.05, 4.69) is 115 Å². The van der Waals surface area contributed by atoms with Gasteiger partial charge in [0, 0.05) is 196 Å². The molecule has 0 unspecified atom stereocenters. The smallest absolute Gasteiger partial charge is 0.223 e. The summed E-state index contributed by atoms with van der Waals surface area (Å²) in [5, 5.41) is 59.2. The van der Waals surface area contributed by atoms with Gasteiger partial charge in [-0.25, -0.2) is 0 Å². The number of carbonyl (C=O) groups is 3. The standard InChI is InChI=1S/C25H27N7O.C25H29N7O.C22H23N7O/c1-30-12-20-22-11-18-17(8-9-21(18)26-27-22)19-13-31(29-25(19)15-4-5-15)10-2-3-24(33)32(16-6-7-16)14-23(20)28-30;1-15(2)32-14-23-20(12-30(3)28-23)22-11-18-17(8-9-21(18)26-27-22)19-13-31(10-4-5-24(32)33)29-25(19)16-6-7-16;1-28-11-17-19-9-15-14(6-7-18(15)24-25-19)16-12-29(27-22(16)13-4-5-13)8-2-3-21(30)23-10-20(17)26-28/h8,11-13,15-16H,2-7,9-10,14H2,1H3;8,11-13,15-16H,4-7,9-10,14H2,1-3H3;6,9,11-13H,2-5,7-8,10H2,1H3,(H,23,30). The number of fused-ring (bicyclic) bond motifs is 18. The normalized spacial score (nSPS) is 19.0. The molecule has 1 N–H and O–H groups in total. The largest absolute Gasteiger partial charge is 0.350 e.